The van der Waals surface area contributed by atoms with Gasteiger partial charge in [-0.25, -0.2) is 8.78 Å². The Hall–Kier alpha value is -1.53. The van der Waals surface area contributed by atoms with E-state index < -0.39 is 23.2 Å². The average Bonchev–Trinajstić information content (AvgIpc) is 2.37. The van der Waals surface area contributed by atoms with Crippen LogP contribution in [0.4, 0.5) is 13.2 Å². The smallest absolute Gasteiger partial charge is 0.201 e. The van der Waals surface area contributed by atoms with Crippen LogP contribution in [0.15, 0.2) is 34.8 Å². The topological polar surface area (TPSA) is 35.2 Å². The Bertz CT molecular complexity index is 619. The number of benzene rings is 2. The van der Waals surface area contributed by atoms with Crippen LogP contribution >= 0.6 is 15.9 Å². The number of para-hydroxylation sites is 1. The fourth-order valence-corrected chi connectivity index (χ4v) is 1.95. The summed E-state index contributed by atoms with van der Waals surface area (Å²) in [5.41, 5.74) is 5.81. The van der Waals surface area contributed by atoms with Crippen LogP contribution < -0.4 is 10.5 Å². The fourth-order valence-electron chi connectivity index (χ4n) is 1.55. The molecule has 0 amide bonds. The second-order valence-electron chi connectivity index (χ2n) is 3.73. The minimum absolute atomic E-state index is 0.0190. The van der Waals surface area contributed by atoms with Crippen LogP contribution in [0.25, 0.3) is 0 Å². The second kappa shape index (κ2) is 5.63. The molecule has 0 fully saturated rings. The molecule has 0 radical (unpaired) electrons. The van der Waals surface area contributed by atoms with Crippen LogP contribution in [0.3, 0.4) is 0 Å². The van der Waals surface area contributed by atoms with Crippen molar-refractivity contribution in [3.05, 3.63) is 57.8 Å². The van der Waals surface area contributed by atoms with Gasteiger partial charge in [0.2, 0.25) is 5.82 Å². The van der Waals surface area contributed by atoms with E-state index >= 15 is 0 Å². The van der Waals surface area contributed by atoms with Gasteiger partial charge in [-0.3, -0.25) is 0 Å². The van der Waals surface area contributed by atoms with Gasteiger partial charge in [0, 0.05) is 16.6 Å². The van der Waals surface area contributed by atoms with Crippen molar-refractivity contribution in [1.29, 1.82) is 0 Å². The molecule has 0 atom stereocenters. The minimum atomic E-state index is -1.19. The molecular weight excluding hydrogens is 323 g/mol. The summed E-state index contributed by atoms with van der Waals surface area (Å²) in [5, 5.41) is 0. The van der Waals surface area contributed by atoms with Gasteiger partial charge in [-0.1, -0.05) is 28.1 Å². The molecular formula is C13H9BrF3NO. The lowest BCUT2D eigenvalue weighted by Gasteiger charge is -2.12. The van der Waals surface area contributed by atoms with E-state index in [-0.39, 0.29) is 16.8 Å². The number of ether oxygens (including phenoxy) is 1. The molecule has 0 saturated carbocycles. The van der Waals surface area contributed by atoms with Crippen molar-refractivity contribution < 1.29 is 17.9 Å². The second-order valence-corrected chi connectivity index (χ2v) is 4.65. The van der Waals surface area contributed by atoms with Gasteiger partial charge >= 0.3 is 0 Å². The Labute approximate surface area is 116 Å². The van der Waals surface area contributed by atoms with Crippen molar-refractivity contribution in [2.75, 3.05) is 0 Å². The van der Waals surface area contributed by atoms with Gasteiger partial charge < -0.3 is 10.5 Å². The Morgan fingerprint density at radius 2 is 1.84 bits per heavy atom. The molecule has 100 valence electrons. The predicted molar refractivity (Wildman–Crippen MR) is 68.4 cm³/mol. The zero-order valence-electron chi connectivity index (χ0n) is 9.59. The number of hydrogen-bond acceptors (Lipinski definition) is 2. The first kappa shape index (κ1) is 13.9. The molecule has 0 saturated heterocycles. The van der Waals surface area contributed by atoms with E-state index in [0.29, 0.717) is 5.56 Å². The van der Waals surface area contributed by atoms with Gasteiger partial charge in [0.1, 0.15) is 0 Å². The van der Waals surface area contributed by atoms with E-state index in [1.165, 1.54) is 12.1 Å². The van der Waals surface area contributed by atoms with Gasteiger partial charge in [-0.2, -0.15) is 4.39 Å². The average molecular weight is 332 g/mol. The van der Waals surface area contributed by atoms with E-state index in [1.807, 2.05) is 0 Å². The Morgan fingerprint density at radius 3 is 2.53 bits per heavy atom. The first-order valence-electron chi connectivity index (χ1n) is 5.32. The molecule has 2 aromatic rings. The molecule has 0 aliphatic carbocycles. The van der Waals surface area contributed by atoms with Gasteiger partial charge in [0.05, 0.1) is 0 Å². The van der Waals surface area contributed by atoms with Crippen molar-refractivity contribution in [1.82, 2.24) is 0 Å². The molecule has 2 N–H and O–H groups in total. The van der Waals surface area contributed by atoms with E-state index in [2.05, 4.69) is 15.9 Å². The van der Waals surface area contributed by atoms with Crippen molar-refractivity contribution in [2.45, 2.75) is 6.54 Å². The highest BCUT2D eigenvalue weighted by Gasteiger charge is 2.16. The minimum Gasteiger partial charge on any atom is -0.451 e. The maximum absolute atomic E-state index is 13.6. The molecule has 2 nitrogen and oxygen atoms in total. The van der Waals surface area contributed by atoms with E-state index in [9.17, 15) is 13.2 Å². The molecule has 0 spiro atoms. The lowest BCUT2D eigenvalue weighted by atomic mass is 10.2. The van der Waals surface area contributed by atoms with E-state index in [4.69, 9.17) is 10.5 Å². The third kappa shape index (κ3) is 2.90. The van der Waals surface area contributed by atoms with Crippen molar-refractivity contribution in [2.24, 2.45) is 5.73 Å². The molecule has 6 heteroatoms. The summed E-state index contributed by atoms with van der Waals surface area (Å²) in [7, 11) is 0. The summed E-state index contributed by atoms with van der Waals surface area (Å²) in [5.74, 6) is -3.58. The number of hydrogen-bond donors (Lipinski definition) is 1. The first-order valence-corrected chi connectivity index (χ1v) is 6.12. The lowest BCUT2D eigenvalue weighted by Crippen LogP contribution is -2.02. The molecule has 0 aromatic heterocycles. The number of nitrogens with two attached hydrogens (primary N) is 1. The zero-order valence-corrected chi connectivity index (χ0v) is 11.2. The third-order valence-corrected chi connectivity index (χ3v) is 2.90. The summed E-state index contributed by atoms with van der Waals surface area (Å²) < 4.78 is 45.8. The Kier molecular flexibility index (Phi) is 4.11. The molecule has 0 heterocycles. The van der Waals surface area contributed by atoms with Gasteiger partial charge in [-0.05, 0) is 18.2 Å². The zero-order chi connectivity index (χ0) is 14.0. The van der Waals surface area contributed by atoms with Gasteiger partial charge in [0.15, 0.2) is 23.1 Å². The molecule has 2 aromatic carbocycles. The maximum atomic E-state index is 13.6. The molecule has 0 aliphatic heterocycles. The van der Waals surface area contributed by atoms with Crippen LogP contribution in [0.1, 0.15) is 5.56 Å². The standard InChI is InChI=1S/C13H9BrF3NO/c14-8-4-10(16)12(17)11(5-8)19-13-7(6-18)2-1-3-9(13)15/h1-5H,6,18H2. The summed E-state index contributed by atoms with van der Waals surface area (Å²) >= 11 is 3.01. The van der Waals surface area contributed by atoms with Gasteiger partial charge in [0.25, 0.3) is 0 Å². The quantitative estimate of drug-likeness (QED) is 0.859. The maximum Gasteiger partial charge on any atom is 0.201 e. The summed E-state index contributed by atoms with van der Waals surface area (Å²) in [6.07, 6.45) is 0. The highest BCUT2D eigenvalue weighted by Crippen LogP contribution is 2.32. The Balaban J connectivity index is 2.47. The highest BCUT2D eigenvalue weighted by molar-refractivity contribution is 9.10. The molecule has 19 heavy (non-hydrogen) atoms. The largest absolute Gasteiger partial charge is 0.451 e. The lowest BCUT2D eigenvalue weighted by molar-refractivity contribution is 0.393. The van der Waals surface area contributed by atoms with Crippen LogP contribution in [0, 0.1) is 17.5 Å². The van der Waals surface area contributed by atoms with E-state index in [1.54, 1.807) is 6.07 Å². The highest BCUT2D eigenvalue weighted by atomic mass is 79.9. The summed E-state index contributed by atoms with van der Waals surface area (Å²) in [4.78, 5) is 0. The van der Waals surface area contributed by atoms with E-state index in [0.717, 1.165) is 12.1 Å². The normalized spacial score (nSPS) is 10.6. The monoisotopic (exact) mass is 331 g/mol. The van der Waals surface area contributed by atoms with Crippen LogP contribution in [0.2, 0.25) is 0 Å². The first-order chi connectivity index (χ1) is 9.02. The summed E-state index contributed by atoms with van der Waals surface area (Å²) in [6.45, 7) is 0.0190. The SMILES string of the molecule is NCc1cccc(F)c1Oc1cc(Br)cc(F)c1F. The molecule has 2 rings (SSSR count). The predicted octanol–water partition coefficient (Wildman–Crippen LogP) is 4.12. The van der Waals surface area contributed by atoms with Crippen LogP contribution in [0.5, 0.6) is 11.5 Å². The molecule has 0 bridgehead atoms. The Morgan fingerprint density at radius 1 is 1.11 bits per heavy atom. The molecule has 0 aliphatic rings. The van der Waals surface area contributed by atoms with Crippen molar-refractivity contribution in [3.8, 4) is 11.5 Å². The fraction of sp³-hybridized carbons (Fsp3) is 0.0769. The molecule has 0 unspecified atom stereocenters. The third-order valence-electron chi connectivity index (χ3n) is 2.44. The number of rotatable bonds is 3. The van der Waals surface area contributed by atoms with Gasteiger partial charge in [-0.15, -0.1) is 0 Å². The van der Waals surface area contributed by atoms with Crippen molar-refractivity contribution >= 4 is 15.9 Å². The van der Waals surface area contributed by atoms with Crippen molar-refractivity contribution in [3.63, 3.8) is 0 Å². The number of halogens is 4. The summed E-state index contributed by atoms with van der Waals surface area (Å²) in [6, 6.07) is 6.33. The van der Waals surface area contributed by atoms with Crippen LogP contribution in [-0.2, 0) is 6.54 Å². The van der Waals surface area contributed by atoms with Crippen LogP contribution in [-0.4, -0.2) is 0 Å².